The van der Waals surface area contributed by atoms with Crippen LogP contribution in [-0.4, -0.2) is 31.9 Å². The van der Waals surface area contributed by atoms with Crippen molar-refractivity contribution in [2.45, 2.75) is 13.3 Å². The van der Waals surface area contributed by atoms with Gasteiger partial charge in [0.15, 0.2) is 0 Å². The second-order valence-corrected chi connectivity index (χ2v) is 8.49. The van der Waals surface area contributed by atoms with Crippen LogP contribution in [0.25, 0.3) is 0 Å². The molecule has 0 N–H and O–H groups in total. The number of Topliss-reactive ketones (excluding diaryl/α,β-unsaturated/α-hetero) is 1. The first-order valence-corrected chi connectivity index (χ1v) is 6.53. The molecular formula is C7H16ClOP. The number of carbonyl (C=O) groups is 1. The Morgan fingerprint density at radius 3 is 1.80 bits per heavy atom. The van der Waals surface area contributed by atoms with Crippen LogP contribution in [0.4, 0.5) is 0 Å². The summed E-state index contributed by atoms with van der Waals surface area (Å²) in [7, 11) is -0.690. The standard InChI is InChI=1S/C7H16OP.ClH/c1-7(8)5-6-9(2,3)4;/h5-6H2,1-4H3;1H/q+1;/p-1. The molecule has 0 aliphatic rings. The maximum atomic E-state index is 10.5. The van der Waals surface area contributed by atoms with E-state index in [1.54, 1.807) is 6.92 Å². The highest BCUT2D eigenvalue weighted by Crippen LogP contribution is 2.46. The highest BCUT2D eigenvalue weighted by atomic mass is 35.5. The maximum absolute atomic E-state index is 10.5. The number of ketones is 1. The lowest BCUT2D eigenvalue weighted by Gasteiger charge is -2.08. The van der Waals surface area contributed by atoms with E-state index in [4.69, 9.17) is 0 Å². The second-order valence-electron chi connectivity index (χ2n) is 3.47. The lowest BCUT2D eigenvalue weighted by Crippen LogP contribution is -3.00. The summed E-state index contributed by atoms with van der Waals surface area (Å²) in [5.41, 5.74) is 0. The summed E-state index contributed by atoms with van der Waals surface area (Å²) in [6.07, 6.45) is 1.89. The molecule has 0 atom stereocenters. The summed E-state index contributed by atoms with van der Waals surface area (Å²) in [6, 6.07) is 0. The molecule has 3 heteroatoms. The summed E-state index contributed by atoms with van der Waals surface area (Å²) in [5.74, 6) is 0.324. The Balaban J connectivity index is 0. The Morgan fingerprint density at radius 1 is 1.30 bits per heavy atom. The summed E-state index contributed by atoms with van der Waals surface area (Å²) < 4.78 is 0. The largest absolute Gasteiger partial charge is 1.00 e. The van der Waals surface area contributed by atoms with Crippen LogP contribution in [-0.2, 0) is 4.79 Å². The molecule has 1 nitrogen and oxygen atoms in total. The monoisotopic (exact) mass is 182 g/mol. The lowest BCUT2D eigenvalue weighted by molar-refractivity contribution is -0.116. The van der Waals surface area contributed by atoms with Gasteiger partial charge in [-0.1, -0.05) is 0 Å². The number of carbonyl (C=O) groups excluding carboxylic acids is 1. The average molecular weight is 183 g/mol. The van der Waals surface area contributed by atoms with Gasteiger partial charge < -0.3 is 12.4 Å². The minimum atomic E-state index is -0.690. The van der Waals surface area contributed by atoms with Gasteiger partial charge in [0, 0.05) is 33.7 Å². The predicted molar refractivity (Wildman–Crippen MR) is 44.9 cm³/mol. The summed E-state index contributed by atoms with van der Waals surface area (Å²) >= 11 is 0. The van der Waals surface area contributed by atoms with Crippen molar-refractivity contribution >= 4 is 13.0 Å². The number of rotatable bonds is 3. The van der Waals surface area contributed by atoms with E-state index in [0.717, 1.165) is 12.6 Å². The molecule has 0 bridgehead atoms. The molecule has 0 radical (unpaired) electrons. The molecule has 0 saturated carbocycles. The fourth-order valence-electron chi connectivity index (χ4n) is 0.493. The molecule has 0 fully saturated rings. The Morgan fingerprint density at radius 2 is 1.70 bits per heavy atom. The molecule has 0 aliphatic carbocycles. The molecule has 0 aliphatic heterocycles. The molecule has 0 aromatic carbocycles. The Bertz CT molecular complexity index is 107. The molecule has 62 valence electrons. The first kappa shape index (κ1) is 13.0. The average Bonchev–Trinajstić information content (AvgIpc) is 1.59. The summed E-state index contributed by atoms with van der Waals surface area (Å²) in [4.78, 5) is 10.5. The van der Waals surface area contributed by atoms with Crippen molar-refractivity contribution in [1.29, 1.82) is 0 Å². The van der Waals surface area contributed by atoms with Crippen LogP contribution in [0.5, 0.6) is 0 Å². The van der Waals surface area contributed by atoms with E-state index in [0.29, 0.717) is 5.78 Å². The zero-order chi connectivity index (χ0) is 7.49. The summed E-state index contributed by atoms with van der Waals surface area (Å²) in [5, 5.41) is 0. The number of hydrogen-bond donors (Lipinski definition) is 0. The van der Waals surface area contributed by atoms with Crippen LogP contribution in [0.2, 0.25) is 0 Å². The van der Waals surface area contributed by atoms with E-state index in [1.165, 1.54) is 0 Å². The normalized spacial score (nSPS) is 10.4. The van der Waals surface area contributed by atoms with Gasteiger partial charge in [0.1, 0.15) is 5.78 Å². The lowest BCUT2D eigenvalue weighted by atomic mass is 10.4. The van der Waals surface area contributed by atoms with E-state index in [9.17, 15) is 4.79 Å². The number of hydrogen-bond acceptors (Lipinski definition) is 1. The first-order chi connectivity index (χ1) is 3.92. The molecule has 0 amide bonds. The van der Waals surface area contributed by atoms with Gasteiger partial charge in [-0.25, -0.2) is 0 Å². The van der Waals surface area contributed by atoms with Crippen molar-refractivity contribution in [2.24, 2.45) is 0 Å². The molecule has 0 aromatic rings. The van der Waals surface area contributed by atoms with Crippen molar-refractivity contribution in [2.75, 3.05) is 26.2 Å². The Hall–Kier alpha value is 0.390. The van der Waals surface area contributed by atoms with Gasteiger partial charge in [-0.2, -0.15) is 0 Å². The predicted octanol–water partition coefficient (Wildman–Crippen LogP) is -1.12. The minimum absolute atomic E-state index is 0. The van der Waals surface area contributed by atoms with E-state index >= 15 is 0 Å². The van der Waals surface area contributed by atoms with Crippen LogP contribution < -0.4 is 12.4 Å². The van der Waals surface area contributed by atoms with Crippen LogP contribution in [0.15, 0.2) is 0 Å². The van der Waals surface area contributed by atoms with Gasteiger partial charge in [-0.3, -0.25) is 4.79 Å². The van der Waals surface area contributed by atoms with Crippen molar-refractivity contribution in [3.8, 4) is 0 Å². The smallest absolute Gasteiger partial charge is 0.133 e. The Kier molecular flexibility index (Phi) is 6.63. The highest BCUT2D eigenvalue weighted by molar-refractivity contribution is 7.73. The molecule has 10 heavy (non-hydrogen) atoms. The van der Waals surface area contributed by atoms with Crippen molar-refractivity contribution in [1.82, 2.24) is 0 Å². The fourth-order valence-corrected chi connectivity index (χ4v) is 1.48. The van der Waals surface area contributed by atoms with E-state index in [1.807, 2.05) is 0 Å². The molecule has 0 heterocycles. The molecule has 0 spiro atoms. The Labute approximate surface area is 70.3 Å². The zero-order valence-corrected chi connectivity index (χ0v) is 8.80. The quantitative estimate of drug-likeness (QED) is 0.506. The van der Waals surface area contributed by atoms with Crippen LogP contribution >= 0.6 is 7.26 Å². The van der Waals surface area contributed by atoms with Crippen LogP contribution in [0, 0.1) is 0 Å². The fraction of sp³-hybridized carbons (Fsp3) is 0.857. The van der Waals surface area contributed by atoms with Gasteiger partial charge in [0.25, 0.3) is 0 Å². The SMILES string of the molecule is CC(=O)CC[P+](C)(C)C.[Cl-]. The third kappa shape index (κ3) is 11.2. The third-order valence-corrected chi connectivity index (χ3v) is 2.70. The highest BCUT2D eigenvalue weighted by Gasteiger charge is 2.16. The first-order valence-electron chi connectivity index (χ1n) is 3.22. The molecule has 0 rings (SSSR count). The van der Waals surface area contributed by atoms with Gasteiger partial charge in [0.05, 0.1) is 6.16 Å². The summed E-state index contributed by atoms with van der Waals surface area (Å²) in [6.45, 7) is 8.44. The molecule has 0 aromatic heterocycles. The minimum Gasteiger partial charge on any atom is -1.00 e. The third-order valence-electron chi connectivity index (χ3n) is 1.13. The topological polar surface area (TPSA) is 17.1 Å². The maximum Gasteiger partial charge on any atom is 0.133 e. The molecular weight excluding hydrogens is 167 g/mol. The molecule has 0 unspecified atom stereocenters. The van der Waals surface area contributed by atoms with Crippen molar-refractivity contribution < 1.29 is 17.2 Å². The van der Waals surface area contributed by atoms with E-state index < -0.39 is 7.26 Å². The van der Waals surface area contributed by atoms with Gasteiger partial charge in [0.2, 0.25) is 0 Å². The van der Waals surface area contributed by atoms with E-state index in [2.05, 4.69) is 20.0 Å². The second kappa shape index (κ2) is 5.09. The molecule has 0 saturated heterocycles. The van der Waals surface area contributed by atoms with Gasteiger partial charge in [-0.05, 0) is 6.92 Å². The van der Waals surface area contributed by atoms with Crippen LogP contribution in [0.3, 0.4) is 0 Å². The van der Waals surface area contributed by atoms with Gasteiger partial charge >= 0.3 is 0 Å². The van der Waals surface area contributed by atoms with Crippen molar-refractivity contribution in [3.63, 3.8) is 0 Å². The van der Waals surface area contributed by atoms with Crippen LogP contribution in [0.1, 0.15) is 13.3 Å². The number of halogens is 1. The van der Waals surface area contributed by atoms with E-state index in [-0.39, 0.29) is 12.4 Å². The van der Waals surface area contributed by atoms with Crippen molar-refractivity contribution in [3.05, 3.63) is 0 Å². The van der Waals surface area contributed by atoms with Gasteiger partial charge in [-0.15, -0.1) is 0 Å². The zero-order valence-electron chi connectivity index (χ0n) is 7.15.